The molecule has 1 unspecified atom stereocenters. The molecule has 1 aromatic heterocycles. The molecule has 114 valence electrons. The van der Waals surface area contributed by atoms with Crippen LogP contribution in [-0.2, 0) is 16.9 Å². The van der Waals surface area contributed by atoms with Gasteiger partial charge in [0.05, 0.1) is 29.5 Å². The van der Waals surface area contributed by atoms with Gasteiger partial charge in [-0.05, 0) is 28.9 Å². The largest absolute Gasteiger partial charge is 0.383 e. The SMILES string of the molecule is COCCn1ncc(Br)c1C(C)(O)c1cccc(F)c1F. The second-order valence-corrected chi connectivity index (χ2v) is 5.58. The number of benzene rings is 1. The molecule has 0 amide bonds. The molecular formula is C14H15BrF2N2O2. The average Bonchev–Trinajstić information content (AvgIpc) is 2.81. The van der Waals surface area contributed by atoms with Crippen LogP contribution in [0.25, 0.3) is 0 Å². The maximum atomic E-state index is 14.0. The fourth-order valence-electron chi connectivity index (χ4n) is 2.20. The summed E-state index contributed by atoms with van der Waals surface area (Å²) in [4.78, 5) is 0. The van der Waals surface area contributed by atoms with Gasteiger partial charge in [0.15, 0.2) is 11.6 Å². The molecule has 0 saturated heterocycles. The molecule has 1 heterocycles. The smallest absolute Gasteiger partial charge is 0.165 e. The van der Waals surface area contributed by atoms with E-state index in [1.807, 2.05) is 0 Å². The van der Waals surface area contributed by atoms with E-state index in [4.69, 9.17) is 4.74 Å². The van der Waals surface area contributed by atoms with Crippen LogP contribution in [0.5, 0.6) is 0 Å². The number of aromatic nitrogens is 2. The lowest BCUT2D eigenvalue weighted by atomic mass is 9.91. The Bertz CT molecular complexity index is 644. The zero-order valence-electron chi connectivity index (χ0n) is 11.6. The van der Waals surface area contributed by atoms with Crippen molar-refractivity contribution in [3.05, 3.63) is 51.8 Å². The Labute approximate surface area is 129 Å². The molecule has 7 heteroatoms. The second-order valence-electron chi connectivity index (χ2n) is 4.73. The van der Waals surface area contributed by atoms with Gasteiger partial charge in [0.1, 0.15) is 5.60 Å². The van der Waals surface area contributed by atoms with E-state index in [-0.39, 0.29) is 5.56 Å². The monoisotopic (exact) mass is 360 g/mol. The van der Waals surface area contributed by atoms with Gasteiger partial charge in [-0.2, -0.15) is 5.10 Å². The van der Waals surface area contributed by atoms with E-state index < -0.39 is 17.2 Å². The van der Waals surface area contributed by atoms with E-state index in [2.05, 4.69) is 21.0 Å². The quantitative estimate of drug-likeness (QED) is 0.891. The maximum Gasteiger partial charge on any atom is 0.165 e. The Morgan fingerprint density at radius 3 is 2.81 bits per heavy atom. The van der Waals surface area contributed by atoms with Crippen molar-refractivity contribution < 1.29 is 18.6 Å². The van der Waals surface area contributed by atoms with Crippen LogP contribution in [0.1, 0.15) is 18.2 Å². The topological polar surface area (TPSA) is 47.3 Å². The van der Waals surface area contributed by atoms with E-state index >= 15 is 0 Å². The predicted molar refractivity (Wildman–Crippen MR) is 76.8 cm³/mol. The Hall–Kier alpha value is -1.31. The molecule has 0 bridgehead atoms. The van der Waals surface area contributed by atoms with Crippen molar-refractivity contribution in [1.82, 2.24) is 9.78 Å². The molecule has 2 aromatic rings. The van der Waals surface area contributed by atoms with Crippen molar-refractivity contribution in [2.45, 2.75) is 19.1 Å². The third-order valence-corrected chi connectivity index (χ3v) is 3.82. The normalized spacial score (nSPS) is 14.2. The van der Waals surface area contributed by atoms with Gasteiger partial charge in [-0.1, -0.05) is 12.1 Å². The summed E-state index contributed by atoms with van der Waals surface area (Å²) in [6.07, 6.45) is 1.50. The van der Waals surface area contributed by atoms with Crippen LogP contribution in [0.2, 0.25) is 0 Å². The first-order valence-electron chi connectivity index (χ1n) is 6.27. The number of halogens is 3. The van der Waals surface area contributed by atoms with Gasteiger partial charge in [-0.3, -0.25) is 4.68 Å². The molecule has 0 aliphatic rings. The first-order valence-corrected chi connectivity index (χ1v) is 7.06. The van der Waals surface area contributed by atoms with E-state index in [1.165, 1.54) is 29.9 Å². The fourth-order valence-corrected chi connectivity index (χ4v) is 2.88. The van der Waals surface area contributed by atoms with Crippen molar-refractivity contribution in [2.75, 3.05) is 13.7 Å². The van der Waals surface area contributed by atoms with E-state index in [0.717, 1.165) is 6.07 Å². The lowest BCUT2D eigenvalue weighted by Crippen LogP contribution is -2.29. The molecule has 1 atom stereocenters. The molecule has 0 aliphatic carbocycles. The molecule has 1 aromatic carbocycles. The predicted octanol–water partition coefficient (Wildman–Crippen LogP) is 2.83. The van der Waals surface area contributed by atoms with Crippen molar-refractivity contribution in [3.63, 3.8) is 0 Å². The average molecular weight is 361 g/mol. The summed E-state index contributed by atoms with van der Waals surface area (Å²) in [5.74, 6) is -2.08. The highest BCUT2D eigenvalue weighted by atomic mass is 79.9. The van der Waals surface area contributed by atoms with E-state index in [9.17, 15) is 13.9 Å². The number of nitrogens with zero attached hydrogens (tertiary/aromatic N) is 2. The zero-order chi connectivity index (χ0) is 15.6. The van der Waals surface area contributed by atoms with Gasteiger partial charge >= 0.3 is 0 Å². The molecule has 0 spiro atoms. The summed E-state index contributed by atoms with van der Waals surface area (Å²) in [5.41, 5.74) is -1.55. The van der Waals surface area contributed by atoms with Gasteiger partial charge in [0.2, 0.25) is 0 Å². The minimum absolute atomic E-state index is 0.151. The first kappa shape index (κ1) is 16.1. The van der Waals surface area contributed by atoms with Crippen molar-refractivity contribution in [1.29, 1.82) is 0 Å². The molecule has 0 fully saturated rings. The minimum Gasteiger partial charge on any atom is -0.383 e. The Kier molecular flexibility index (Phi) is 4.75. The summed E-state index contributed by atoms with van der Waals surface area (Å²) < 4.78 is 34.4. The summed E-state index contributed by atoms with van der Waals surface area (Å²) in [6, 6.07) is 3.71. The van der Waals surface area contributed by atoms with Crippen LogP contribution in [-0.4, -0.2) is 28.6 Å². The number of aliphatic hydroxyl groups is 1. The van der Waals surface area contributed by atoms with Crippen LogP contribution in [0, 0.1) is 11.6 Å². The number of rotatable bonds is 5. The Balaban J connectivity index is 2.53. The maximum absolute atomic E-state index is 14.0. The molecule has 0 saturated carbocycles. The Morgan fingerprint density at radius 1 is 1.43 bits per heavy atom. The fraction of sp³-hybridized carbons (Fsp3) is 0.357. The molecule has 0 radical (unpaired) electrons. The van der Waals surface area contributed by atoms with Crippen LogP contribution < -0.4 is 0 Å². The number of hydrogen-bond donors (Lipinski definition) is 1. The van der Waals surface area contributed by atoms with Crippen LogP contribution >= 0.6 is 15.9 Å². The van der Waals surface area contributed by atoms with Gasteiger partial charge in [0, 0.05) is 12.7 Å². The van der Waals surface area contributed by atoms with Crippen molar-refractivity contribution >= 4 is 15.9 Å². The van der Waals surface area contributed by atoms with Crippen molar-refractivity contribution in [3.8, 4) is 0 Å². The lowest BCUT2D eigenvalue weighted by Gasteiger charge is -2.26. The molecular weight excluding hydrogens is 346 g/mol. The van der Waals surface area contributed by atoms with Gasteiger partial charge in [-0.25, -0.2) is 8.78 Å². The van der Waals surface area contributed by atoms with Crippen LogP contribution in [0.3, 0.4) is 0 Å². The second kappa shape index (κ2) is 6.21. The number of hydrogen-bond acceptors (Lipinski definition) is 3. The van der Waals surface area contributed by atoms with Gasteiger partial charge in [-0.15, -0.1) is 0 Å². The minimum atomic E-state index is -1.74. The van der Waals surface area contributed by atoms with Crippen molar-refractivity contribution in [2.24, 2.45) is 0 Å². The zero-order valence-corrected chi connectivity index (χ0v) is 13.2. The summed E-state index contributed by atoms with van der Waals surface area (Å²) in [7, 11) is 1.54. The van der Waals surface area contributed by atoms with Gasteiger partial charge in [0.25, 0.3) is 0 Å². The molecule has 1 N–H and O–H groups in total. The Morgan fingerprint density at radius 2 is 2.14 bits per heavy atom. The molecule has 4 nitrogen and oxygen atoms in total. The highest BCUT2D eigenvalue weighted by Crippen LogP contribution is 2.35. The third-order valence-electron chi connectivity index (χ3n) is 3.24. The number of ether oxygens (including phenoxy) is 1. The van der Waals surface area contributed by atoms with Crippen LogP contribution in [0.4, 0.5) is 8.78 Å². The third kappa shape index (κ3) is 3.00. The summed E-state index contributed by atoms with van der Waals surface area (Å²) in [6.45, 7) is 2.16. The van der Waals surface area contributed by atoms with Crippen LogP contribution in [0.15, 0.2) is 28.9 Å². The molecule has 21 heavy (non-hydrogen) atoms. The molecule has 0 aliphatic heterocycles. The van der Waals surface area contributed by atoms with E-state index in [1.54, 1.807) is 7.11 Å². The summed E-state index contributed by atoms with van der Waals surface area (Å²) in [5, 5.41) is 14.9. The summed E-state index contributed by atoms with van der Waals surface area (Å²) >= 11 is 3.28. The van der Waals surface area contributed by atoms with Gasteiger partial charge < -0.3 is 9.84 Å². The lowest BCUT2D eigenvalue weighted by molar-refractivity contribution is 0.0828. The highest BCUT2D eigenvalue weighted by molar-refractivity contribution is 9.10. The standard InChI is InChI=1S/C14H15BrF2N2O2/c1-14(20,9-4-3-5-11(16)12(9)17)13-10(15)8-18-19(13)6-7-21-2/h3-5,8,20H,6-7H2,1-2H3. The first-order chi connectivity index (χ1) is 9.89. The molecule has 2 rings (SSSR count). The number of methoxy groups -OCH3 is 1. The highest BCUT2D eigenvalue weighted by Gasteiger charge is 2.35. The van der Waals surface area contributed by atoms with E-state index in [0.29, 0.717) is 23.3 Å².